The van der Waals surface area contributed by atoms with E-state index in [1.54, 1.807) is 0 Å². The molecule has 0 fully saturated rings. The van der Waals surface area contributed by atoms with E-state index in [9.17, 15) is 5.11 Å². The zero-order valence-corrected chi connectivity index (χ0v) is 12.4. The lowest BCUT2D eigenvalue weighted by Crippen LogP contribution is -2.23. The normalized spacial score (nSPS) is 12.9. The lowest BCUT2D eigenvalue weighted by molar-refractivity contribution is 0.218. The minimum atomic E-state index is -0.191. The molecule has 0 saturated heterocycles. The van der Waals surface area contributed by atoms with Crippen molar-refractivity contribution in [2.45, 2.75) is 45.4 Å². The zero-order valence-electron chi connectivity index (χ0n) is 10.8. The van der Waals surface area contributed by atoms with Gasteiger partial charge in [0.1, 0.15) is 0 Å². The van der Waals surface area contributed by atoms with Crippen LogP contribution in [0.5, 0.6) is 0 Å². The molecular formula is C14H21BrO. The van der Waals surface area contributed by atoms with Crippen molar-refractivity contribution < 1.29 is 5.11 Å². The highest BCUT2D eigenvalue weighted by Gasteiger charge is 2.23. The Balaban J connectivity index is 3.29. The van der Waals surface area contributed by atoms with Crippen LogP contribution in [0.2, 0.25) is 0 Å². The van der Waals surface area contributed by atoms with Gasteiger partial charge < -0.3 is 5.11 Å². The molecule has 0 saturated carbocycles. The van der Waals surface area contributed by atoms with E-state index in [0.29, 0.717) is 0 Å². The molecule has 0 aliphatic heterocycles. The van der Waals surface area contributed by atoms with Crippen LogP contribution >= 0.6 is 15.9 Å². The maximum Gasteiger partial charge on any atom is 0.0522 e. The van der Waals surface area contributed by atoms with Crippen molar-refractivity contribution in [3.63, 3.8) is 0 Å². The molecule has 16 heavy (non-hydrogen) atoms. The van der Waals surface area contributed by atoms with E-state index in [4.69, 9.17) is 0 Å². The average molecular weight is 285 g/mol. The maximum atomic E-state index is 9.42. The summed E-state index contributed by atoms with van der Waals surface area (Å²) in [6, 6.07) is 6.43. The minimum absolute atomic E-state index is 0.129. The molecular weight excluding hydrogens is 264 g/mol. The van der Waals surface area contributed by atoms with Crippen molar-refractivity contribution in [1.82, 2.24) is 0 Å². The Morgan fingerprint density at radius 2 is 1.50 bits per heavy atom. The Morgan fingerprint density at radius 1 is 1.00 bits per heavy atom. The number of aliphatic hydroxyl groups is 1. The fourth-order valence-corrected chi connectivity index (χ4v) is 2.00. The summed E-state index contributed by atoms with van der Waals surface area (Å²) >= 11 is 3.55. The predicted molar refractivity (Wildman–Crippen MR) is 73.0 cm³/mol. The lowest BCUT2D eigenvalue weighted by Gasteiger charge is -2.26. The number of benzene rings is 1. The SMILES string of the molecule is CC(C)(C)c1cc(Br)cc(C(C)(C)CO)c1. The quantitative estimate of drug-likeness (QED) is 0.870. The van der Waals surface area contributed by atoms with Crippen LogP contribution in [0.15, 0.2) is 22.7 Å². The standard InChI is InChI=1S/C14H21BrO/c1-13(2,3)10-6-11(8-12(15)7-10)14(4,5)9-16/h6-8,16H,9H2,1-5H3. The summed E-state index contributed by atoms with van der Waals surface area (Å²) in [5, 5.41) is 9.42. The summed E-state index contributed by atoms with van der Waals surface area (Å²) in [6.45, 7) is 10.9. The lowest BCUT2D eigenvalue weighted by atomic mass is 9.80. The second-order valence-corrected chi connectivity index (χ2v) is 6.94. The van der Waals surface area contributed by atoms with Crippen LogP contribution in [0.1, 0.15) is 45.7 Å². The van der Waals surface area contributed by atoms with Crippen molar-refractivity contribution in [1.29, 1.82) is 0 Å². The van der Waals surface area contributed by atoms with Gasteiger partial charge in [-0.3, -0.25) is 0 Å². The molecule has 0 amide bonds. The third-order valence-electron chi connectivity index (χ3n) is 2.94. The Bertz CT molecular complexity index is 375. The largest absolute Gasteiger partial charge is 0.395 e. The van der Waals surface area contributed by atoms with E-state index in [-0.39, 0.29) is 17.4 Å². The first-order chi connectivity index (χ1) is 7.16. The van der Waals surface area contributed by atoms with Crippen molar-refractivity contribution in [2.75, 3.05) is 6.61 Å². The molecule has 0 aliphatic rings. The van der Waals surface area contributed by atoms with Crippen LogP contribution in [0.3, 0.4) is 0 Å². The Hall–Kier alpha value is -0.340. The Kier molecular flexibility index (Phi) is 3.86. The summed E-state index contributed by atoms with van der Waals surface area (Å²) in [6.07, 6.45) is 0. The highest BCUT2D eigenvalue weighted by Crippen LogP contribution is 2.31. The van der Waals surface area contributed by atoms with Crippen molar-refractivity contribution >= 4 is 15.9 Å². The van der Waals surface area contributed by atoms with Crippen LogP contribution in [0, 0.1) is 0 Å². The molecule has 0 radical (unpaired) electrons. The number of hydrogen-bond donors (Lipinski definition) is 1. The molecule has 0 heterocycles. The van der Waals surface area contributed by atoms with Gasteiger partial charge in [-0.2, -0.15) is 0 Å². The van der Waals surface area contributed by atoms with Gasteiger partial charge in [0, 0.05) is 9.89 Å². The van der Waals surface area contributed by atoms with Crippen LogP contribution < -0.4 is 0 Å². The van der Waals surface area contributed by atoms with E-state index < -0.39 is 0 Å². The molecule has 2 heteroatoms. The van der Waals surface area contributed by atoms with Gasteiger partial charge in [0.2, 0.25) is 0 Å². The van der Waals surface area contributed by atoms with Crippen molar-refractivity contribution in [3.8, 4) is 0 Å². The number of hydrogen-bond acceptors (Lipinski definition) is 1. The molecule has 0 atom stereocenters. The third-order valence-corrected chi connectivity index (χ3v) is 3.40. The Morgan fingerprint density at radius 3 is 1.94 bits per heavy atom. The van der Waals surface area contributed by atoms with Gasteiger partial charge in [0.25, 0.3) is 0 Å². The molecule has 0 unspecified atom stereocenters. The molecule has 1 aromatic rings. The molecule has 1 rings (SSSR count). The van der Waals surface area contributed by atoms with E-state index in [1.807, 2.05) is 0 Å². The molecule has 1 nitrogen and oxygen atoms in total. The zero-order chi connectivity index (χ0) is 12.6. The van der Waals surface area contributed by atoms with Gasteiger partial charge in [-0.05, 0) is 28.7 Å². The second kappa shape index (κ2) is 4.50. The summed E-state index contributed by atoms with van der Waals surface area (Å²) < 4.78 is 1.08. The predicted octanol–water partition coefficient (Wildman–Crippen LogP) is 4.02. The number of rotatable bonds is 2. The number of halogens is 1. The van der Waals surface area contributed by atoms with E-state index >= 15 is 0 Å². The molecule has 1 N–H and O–H groups in total. The van der Waals surface area contributed by atoms with Crippen LogP contribution in [0.4, 0.5) is 0 Å². The highest BCUT2D eigenvalue weighted by molar-refractivity contribution is 9.10. The molecule has 90 valence electrons. The molecule has 0 aromatic heterocycles. The summed E-state index contributed by atoms with van der Waals surface area (Å²) in [4.78, 5) is 0. The first kappa shape index (κ1) is 13.7. The van der Waals surface area contributed by atoms with E-state index in [2.05, 4.69) is 68.7 Å². The average Bonchev–Trinajstić information content (AvgIpc) is 2.15. The topological polar surface area (TPSA) is 20.2 Å². The smallest absolute Gasteiger partial charge is 0.0522 e. The third kappa shape index (κ3) is 3.08. The van der Waals surface area contributed by atoms with Gasteiger partial charge in [-0.25, -0.2) is 0 Å². The van der Waals surface area contributed by atoms with Gasteiger partial charge >= 0.3 is 0 Å². The maximum absolute atomic E-state index is 9.42. The van der Waals surface area contributed by atoms with Crippen molar-refractivity contribution in [2.24, 2.45) is 0 Å². The van der Waals surface area contributed by atoms with Gasteiger partial charge in [0.05, 0.1) is 6.61 Å². The molecule has 0 spiro atoms. The first-order valence-corrected chi connectivity index (χ1v) is 6.38. The molecule has 0 bridgehead atoms. The van der Waals surface area contributed by atoms with Crippen LogP contribution in [0.25, 0.3) is 0 Å². The van der Waals surface area contributed by atoms with Crippen LogP contribution in [-0.4, -0.2) is 11.7 Å². The fraction of sp³-hybridized carbons (Fsp3) is 0.571. The second-order valence-electron chi connectivity index (χ2n) is 6.02. The fourth-order valence-electron chi connectivity index (χ4n) is 1.50. The Labute approximate surface area is 107 Å². The van der Waals surface area contributed by atoms with Crippen molar-refractivity contribution in [3.05, 3.63) is 33.8 Å². The summed E-state index contributed by atoms with van der Waals surface area (Å²) in [5.74, 6) is 0. The van der Waals surface area contributed by atoms with Gasteiger partial charge in [-0.1, -0.05) is 56.6 Å². The number of aliphatic hydroxyl groups excluding tert-OH is 1. The summed E-state index contributed by atoms with van der Waals surface area (Å²) in [7, 11) is 0. The highest BCUT2D eigenvalue weighted by atomic mass is 79.9. The van der Waals surface area contributed by atoms with Gasteiger partial charge in [0.15, 0.2) is 0 Å². The minimum Gasteiger partial charge on any atom is -0.395 e. The first-order valence-electron chi connectivity index (χ1n) is 5.59. The summed E-state index contributed by atoms with van der Waals surface area (Å²) in [5.41, 5.74) is 2.40. The van der Waals surface area contributed by atoms with Crippen LogP contribution in [-0.2, 0) is 10.8 Å². The molecule has 0 aliphatic carbocycles. The monoisotopic (exact) mass is 284 g/mol. The van der Waals surface area contributed by atoms with E-state index in [0.717, 1.165) is 4.47 Å². The van der Waals surface area contributed by atoms with E-state index in [1.165, 1.54) is 11.1 Å². The van der Waals surface area contributed by atoms with Gasteiger partial charge in [-0.15, -0.1) is 0 Å². The molecule has 1 aromatic carbocycles.